The molecule has 10 nitrogen and oxygen atoms in total. The first-order chi connectivity index (χ1) is 18.3. The van der Waals surface area contributed by atoms with Gasteiger partial charge in [0.15, 0.2) is 0 Å². The summed E-state index contributed by atoms with van der Waals surface area (Å²) in [5, 5.41) is 24.8. The number of aliphatic hydroxyl groups is 1. The number of halogens is 2. The summed E-state index contributed by atoms with van der Waals surface area (Å²) in [5.41, 5.74) is 1.84. The minimum absolute atomic E-state index is 0.136. The molecule has 200 valence electrons. The highest BCUT2D eigenvalue weighted by atomic mass is 35.5. The van der Waals surface area contributed by atoms with E-state index in [1.807, 2.05) is 23.9 Å². The Kier molecular flexibility index (Phi) is 6.55. The first kappa shape index (κ1) is 25.2. The number of ether oxygens (including phenoxy) is 2. The molecule has 2 saturated heterocycles. The Labute approximate surface area is 223 Å². The lowest BCUT2D eigenvalue weighted by Gasteiger charge is -2.41. The lowest BCUT2D eigenvalue weighted by Crippen LogP contribution is -2.52. The van der Waals surface area contributed by atoms with Crippen molar-refractivity contribution in [3.8, 4) is 17.0 Å². The van der Waals surface area contributed by atoms with Gasteiger partial charge in [-0.15, -0.1) is 5.10 Å². The zero-order valence-electron chi connectivity index (χ0n) is 21.2. The highest BCUT2D eigenvalue weighted by Crippen LogP contribution is 2.35. The molecule has 1 N–H and O–H groups in total. The fourth-order valence-corrected chi connectivity index (χ4v) is 5.38. The monoisotopic (exact) mass is 541 g/mol. The molecule has 0 spiro atoms. The number of aromatic nitrogens is 6. The third kappa shape index (κ3) is 4.64. The average molecular weight is 542 g/mol. The van der Waals surface area contributed by atoms with Gasteiger partial charge in [0.2, 0.25) is 0 Å². The highest BCUT2D eigenvalue weighted by Gasteiger charge is 2.32. The Morgan fingerprint density at radius 3 is 2.68 bits per heavy atom. The lowest BCUT2D eigenvalue weighted by atomic mass is 10.0. The van der Waals surface area contributed by atoms with Gasteiger partial charge in [-0.2, -0.15) is 5.10 Å². The van der Waals surface area contributed by atoms with Gasteiger partial charge in [0.1, 0.15) is 35.0 Å². The van der Waals surface area contributed by atoms with E-state index in [-0.39, 0.29) is 12.6 Å². The smallest absolute Gasteiger partial charge is 0.147 e. The van der Waals surface area contributed by atoms with Crippen molar-refractivity contribution in [2.24, 2.45) is 0 Å². The minimum atomic E-state index is -1.47. The molecule has 0 aromatic carbocycles. The maximum atomic E-state index is 13.3. The second-order valence-corrected chi connectivity index (χ2v) is 10.6. The molecule has 0 saturated carbocycles. The van der Waals surface area contributed by atoms with Gasteiger partial charge >= 0.3 is 0 Å². The molecule has 0 aliphatic carbocycles. The number of likely N-dealkylation sites (tertiary alicyclic amines) is 1. The van der Waals surface area contributed by atoms with Crippen LogP contribution in [0.15, 0.2) is 36.8 Å². The molecule has 1 atom stereocenters. The zero-order valence-corrected chi connectivity index (χ0v) is 22.0. The van der Waals surface area contributed by atoms with E-state index in [1.54, 1.807) is 11.4 Å². The molecule has 4 aromatic rings. The van der Waals surface area contributed by atoms with E-state index in [0.29, 0.717) is 28.0 Å². The molecule has 0 radical (unpaired) electrons. The molecule has 2 aliphatic rings. The van der Waals surface area contributed by atoms with Crippen LogP contribution in [-0.2, 0) is 10.3 Å². The highest BCUT2D eigenvalue weighted by molar-refractivity contribution is 6.34. The van der Waals surface area contributed by atoms with Crippen LogP contribution in [-0.4, -0.2) is 78.6 Å². The minimum Gasteiger partial charge on any atom is -0.488 e. The second kappa shape index (κ2) is 9.88. The summed E-state index contributed by atoms with van der Waals surface area (Å²) in [6.07, 6.45) is 6.46. The largest absolute Gasteiger partial charge is 0.488 e. The normalized spacial score (nSPS) is 19.0. The number of hydrogen-bond acceptors (Lipinski definition) is 8. The van der Waals surface area contributed by atoms with Crippen molar-refractivity contribution in [2.45, 2.75) is 44.4 Å². The van der Waals surface area contributed by atoms with Gasteiger partial charge in [0, 0.05) is 24.8 Å². The first-order valence-corrected chi connectivity index (χ1v) is 13.1. The Hall–Kier alpha value is -3.12. The van der Waals surface area contributed by atoms with E-state index < -0.39 is 11.4 Å². The molecule has 6 heterocycles. The lowest BCUT2D eigenvalue weighted by molar-refractivity contribution is -0.0735. The molecule has 0 amide bonds. The fraction of sp³-hybridized carbons (Fsp3) is 0.462. The van der Waals surface area contributed by atoms with E-state index >= 15 is 0 Å². The fourth-order valence-electron chi connectivity index (χ4n) is 5.16. The molecule has 2 aliphatic heterocycles. The third-order valence-corrected chi connectivity index (χ3v) is 7.78. The van der Waals surface area contributed by atoms with Crippen LogP contribution in [0.2, 0.25) is 5.02 Å². The van der Waals surface area contributed by atoms with E-state index in [4.69, 9.17) is 21.1 Å². The van der Waals surface area contributed by atoms with Crippen LogP contribution >= 0.6 is 11.6 Å². The maximum absolute atomic E-state index is 13.3. The molecule has 2 fully saturated rings. The van der Waals surface area contributed by atoms with Gasteiger partial charge in [-0.05, 0) is 44.9 Å². The predicted octanol–water partition coefficient (Wildman–Crippen LogP) is 3.41. The quantitative estimate of drug-likeness (QED) is 0.380. The van der Waals surface area contributed by atoms with Crippen LogP contribution in [0.4, 0.5) is 4.39 Å². The molecule has 6 rings (SSSR count). The maximum Gasteiger partial charge on any atom is 0.147 e. The molecular formula is C26H29ClFN7O3. The second-order valence-electron chi connectivity index (χ2n) is 10.2. The van der Waals surface area contributed by atoms with Gasteiger partial charge in [-0.3, -0.25) is 9.88 Å². The van der Waals surface area contributed by atoms with Crippen molar-refractivity contribution in [1.29, 1.82) is 0 Å². The van der Waals surface area contributed by atoms with Crippen LogP contribution in [0, 0.1) is 12.7 Å². The van der Waals surface area contributed by atoms with Gasteiger partial charge in [0.05, 0.1) is 54.1 Å². The van der Waals surface area contributed by atoms with Gasteiger partial charge in [-0.25, -0.2) is 13.6 Å². The van der Waals surface area contributed by atoms with Crippen molar-refractivity contribution in [1.82, 2.24) is 34.5 Å². The van der Waals surface area contributed by atoms with Gasteiger partial charge in [0.25, 0.3) is 0 Å². The summed E-state index contributed by atoms with van der Waals surface area (Å²) >= 11 is 6.42. The average Bonchev–Trinajstić information content (AvgIpc) is 3.45. The first-order valence-electron chi connectivity index (χ1n) is 12.7. The number of rotatable bonds is 7. The van der Waals surface area contributed by atoms with Crippen molar-refractivity contribution < 1.29 is 19.0 Å². The summed E-state index contributed by atoms with van der Waals surface area (Å²) in [6, 6.07) is 5.35. The topological polar surface area (TPSA) is 103 Å². The number of pyridine rings is 2. The summed E-state index contributed by atoms with van der Waals surface area (Å²) in [7, 11) is 0. The summed E-state index contributed by atoms with van der Waals surface area (Å²) < 4.78 is 28.4. The van der Waals surface area contributed by atoms with Crippen LogP contribution in [0.5, 0.6) is 5.75 Å². The molecular weight excluding hydrogens is 513 g/mol. The van der Waals surface area contributed by atoms with Gasteiger partial charge < -0.3 is 14.6 Å². The van der Waals surface area contributed by atoms with Crippen LogP contribution in [0.25, 0.3) is 16.8 Å². The number of piperidine rings is 1. The molecule has 12 heteroatoms. The van der Waals surface area contributed by atoms with Gasteiger partial charge in [-0.1, -0.05) is 16.8 Å². The van der Waals surface area contributed by atoms with Crippen molar-refractivity contribution in [2.75, 3.05) is 32.9 Å². The van der Waals surface area contributed by atoms with Crippen molar-refractivity contribution >= 4 is 17.1 Å². The Bertz CT molecular complexity index is 1440. The standard InChI is InChI=1S/C26H29ClFN7O3/c1-16-24(31-32-35(16)19-5-7-33(8-6-19)20-13-37-14-20)17-9-22(25-21(27)11-30-34(25)12-17)38-15-26(2,36)23-4-3-18(28)10-29-23/h3-4,9-12,19-20,36H,5-8,13-15H2,1-2H3/t26-/m0/s1. The van der Waals surface area contributed by atoms with E-state index in [1.165, 1.54) is 18.3 Å². The van der Waals surface area contributed by atoms with Crippen molar-refractivity contribution in [3.05, 3.63) is 59.0 Å². The van der Waals surface area contributed by atoms with Crippen molar-refractivity contribution in [3.63, 3.8) is 0 Å². The molecule has 0 bridgehead atoms. The number of fused-ring (bicyclic) bond motifs is 1. The molecule has 4 aromatic heterocycles. The van der Waals surface area contributed by atoms with Crippen LogP contribution in [0.3, 0.4) is 0 Å². The van der Waals surface area contributed by atoms with E-state index in [2.05, 4.69) is 25.3 Å². The SMILES string of the molecule is Cc1c(-c2cc(OC[C@](C)(O)c3ccc(F)cn3)c3c(Cl)cnn3c2)nnn1C1CCN(C2COC2)CC1. The summed E-state index contributed by atoms with van der Waals surface area (Å²) in [6.45, 7) is 7.15. The Balaban J connectivity index is 1.25. The predicted molar refractivity (Wildman–Crippen MR) is 138 cm³/mol. The number of hydrogen-bond donors (Lipinski definition) is 1. The molecule has 38 heavy (non-hydrogen) atoms. The van der Waals surface area contributed by atoms with E-state index in [9.17, 15) is 9.50 Å². The molecule has 0 unspecified atom stereocenters. The Morgan fingerprint density at radius 2 is 2.00 bits per heavy atom. The summed E-state index contributed by atoms with van der Waals surface area (Å²) in [4.78, 5) is 6.50. The van der Waals surface area contributed by atoms with Crippen LogP contribution < -0.4 is 4.74 Å². The number of nitrogens with zero attached hydrogens (tertiary/aromatic N) is 7. The Morgan fingerprint density at radius 1 is 1.21 bits per heavy atom. The third-order valence-electron chi connectivity index (χ3n) is 7.50. The zero-order chi connectivity index (χ0) is 26.4. The summed E-state index contributed by atoms with van der Waals surface area (Å²) in [5.74, 6) is -0.0507. The van der Waals surface area contributed by atoms with E-state index in [0.717, 1.165) is 62.3 Å². The van der Waals surface area contributed by atoms with Crippen LogP contribution in [0.1, 0.15) is 37.2 Å².